The number of hydrogen-bond donors (Lipinski definition) is 0. The van der Waals surface area contributed by atoms with Gasteiger partial charge in [0, 0.05) is 75.2 Å². The van der Waals surface area contributed by atoms with Gasteiger partial charge in [0.25, 0.3) is 11.8 Å². The monoisotopic (exact) mass is 533 g/mol. The first-order chi connectivity index (χ1) is 18.6. The molecule has 3 aromatic rings. The first-order valence-corrected chi connectivity index (χ1v) is 14.2. The van der Waals surface area contributed by atoms with Gasteiger partial charge in [-0.15, -0.1) is 11.6 Å². The molecule has 1 aromatic heterocycles. The maximum absolute atomic E-state index is 12.8. The topological polar surface area (TPSA) is 61.7 Å². The molecule has 0 aliphatic carbocycles. The van der Waals surface area contributed by atoms with Gasteiger partial charge in [-0.2, -0.15) is 5.10 Å². The molecule has 0 spiro atoms. The summed E-state index contributed by atoms with van der Waals surface area (Å²) in [5, 5.41) is 4.41. The molecule has 2 aliphatic rings. The lowest BCUT2D eigenvalue weighted by molar-refractivity contribution is 0.0785. The van der Waals surface area contributed by atoms with Crippen LogP contribution in [0.15, 0.2) is 67.0 Å². The molecule has 0 bridgehead atoms. The van der Waals surface area contributed by atoms with Gasteiger partial charge in [-0.1, -0.05) is 24.3 Å². The van der Waals surface area contributed by atoms with Crippen molar-refractivity contribution in [2.24, 2.45) is 0 Å². The highest BCUT2D eigenvalue weighted by molar-refractivity contribution is 6.18. The Morgan fingerprint density at radius 2 is 1.26 bits per heavy atom. The number of benzene rings is 2. The molecule has 2 aliphatic heterocycles. The van der Waals surface area contributed by atoms with Gasteiger partial charge in [-0.05, 0) is 67.1 Å². The van der Waals surface area contributed by atoms with Gasteiger partial charge in [-0.3, -0.25) is 19.2 Å². The fourth-order valence-corrected chi connectivity index (χ4v) is 5.65. The zero-order valence-electron chi connectivity index (χ0n) is 21.8. The minimum atomic E-state index is 0.0266. The highest BCUT2D eigenvalue weighted by Crippen LogP contribution is 2.19. The lowest BCUT2D eigenvalue weighted by Gasteiger charge is -2.27. The van der Waals surface area contributed by atoms with E-state index in [4.69, 9.17) is 11.6 Å². The molecular weight excluding hydrogens is 498 g/mol. The summed E-state index contributed by atoms with van der Waals surface area (Å²) >= 11 is 6.37. The first kappa shape index (κ1) is 26.4. The molecule has 3 heterocycles. The van der Waals surface area contributed by atoms with Crippen LogP contribution in [0, 0.1) is 0 Å². The van der Waals surface area contributed by atoms with E-state index in [-0.39, 0.29) is 17.9 Å². The molecule has 2 amide bonds. The third-order valence-corrected chi connectivity index (χ3v) is 7.90. The smallest absolute Gasteiger partial charge is 0.253 e. The van der Waals surface area contributed by atoms with Gasteiger partial charge < -0.3 is 9.80 Å². The van der Waals surface area contributed by atoms with Gasteiger partial charge in [0.2, 0.25) is 0 Å². The highest BCUT2D eigenvalue weighted by Gasteiger charge is 2.21. The molecule has 7 nitrogen and oxygen atoms in total. The summed E-state index contributed by atoms with van der Waals surface area (Å²) in [6, 6.07) is 17.9. The Balaban J connectivity index is 1.29. The Hall–Kier alpha value is -3.16. The number of halogens is 1. The summed E-state index contributed by atoms with van der Waals surface area (Å²) in [5.74, 6) is 0.691. The second-order valence-corrected chi connectivity index (χ2v) is 10.7. The number of nitrogens with zero attached hydrogens (tertiary/aromatic N) is 5. The molecule has 38 heavy (non-hydrogen) atoms. The molecule has 2 fully saturated rings. The van der Waals surface area contributed by atoms with E-state index >= 15 is 0 Å². The van der Waals surface area contributed by atoms with E-state index in [9.17, 15) is 9.59 Å². The minimum Gasteiger partial charge on any atom is -0.339 e. The van der Waals surface area contributed by atoms with Gasteiger partial charge in [0.05, 0.1) is 6.04 Å². The Labute approximate surface area is 230 Å². The molecule has 2 aromatic carbocycles. The maximum Gasteiger partial charge on any atom is 0.253 e. The Morgan fingerprint density at radius 1 is 0.789 bits per heavy atom. The molecule has 200 valence electrons. The van der Waals surface area contributed by atoms with Crippen molar-refractivity contribution >= 4 is 23.4 Å². The minimum absolute atomic E-state index is 0.0266. The van der Waals surface area contributed by atoms with Crippen molar-refractivity contribution < 1.29 is 9.59 Å². The van der Waals surface area contributed by atoms with Crippen LogP contribution in [0.2, 0.25) is 0 Å². The van der Waals surface area contributed by atoms with Crippen molar-refractivity contribution in [1.29, 1.82) is 0 Å². The normalized spacial score (nSPS) is 16.4. The third-order valence-electron chi connectivity index (χ3n) is 7.55. The van der Waals surface area contributed by atoms with Crippen molar-refractivity contribution in [3.05, 3.63) is 89.2 Å². The van der Waals surface area contributed by atoms with Crippen molar-refractivity contribution in [3.8, 4) is 0 Å². The predicted octanol–water partition coefficient (Wildman–Crippen LogP) is 4.84. The summed E-state index contributed by atoms with van der Waals surface area (Å²) in [6.07, 6.45) is 8.07. The third kappa shape index (κ3) is 6.45. The highest BCUT2D eigenvalue weighted by atomic mass is 35.5. The number of likely N-dealkylation sites (tertiary alicyclic amines) is 2. The molecular formula is C30H36ClN5O2. The number of hydrogen-bond acceptors (Lipinski definition) is 4. The van der Waals surface area contributed by atoms with Crippen LogP contribution in [-0.2, 0) is 13.1 Å². The van der Waals surface area contributed by atoms with E-state index in [1.807, 2.05) is 51.0 Å². The van der Waals surface area contributed by atoms with Crippen LogP contribution >= 0.6 is 11.6 Å². The van der Waals surface area contributed by atoms with Crippen LogP contribution in [0.25, 0.3) is 0 Å². The van der Waals surface area contributed by atoms with E-state index < -0.39 is 0 Å². The van der Waals surface area contributed by atoms with E-state index in [0.29, 0.717) is 25.5 Å². The summed E-state index contributed by atoms with van der Waals surface area (Å²) < 4.78 is 1.91. The standard InChI is InChI=1S/C30H36ClN5O2/c31-20-28(36-19-5-14-32-36)23-33(21-24-6-10-26(11-7-24)29(37)34-15-1-2-16-34)22-25-8-12-27(13-9-25)30(38)35-17-3-4-18-35/h5-14,19,28H,1-4,15-18,20-23H2/t28-/m0/s1. The Morgan fingerprint density at radius 3 is 1.66 bits per heavy atom. The molecule has 5 rings (SSSR count). The van der Waals surface area contributed by atoms with Crippen LogP contribution < -0.4 is 0 Å². The van der Waals surface area contributed by atoms with Crippen molar-refractivity contribution in [3.63, 3.8) is 0 Å². The largest absolute Gasteiger partial charge is 0.339 e. The second kappa shape index (κ2) is 12.6. The van der Waals surface area contributed by atoms with E-state index in [1.54, 1.807) is 6.20 Å². The van der Waals surface area contributed by atoms with E-state index in [0.717, 1.165) is 74.1 Å². The molecule has 0 unspecified atom stereocenters. The summed E-state index contributed by atoms with van der Waals surface area (Å²) in [6.45, 7) is 5.54. The van der Waals surface area contributed by atoms with Crippen LogP contribution in [0.1, 0.15) is 63.6 Å². The SMILES string of the molecule is O=C(c1ccc(CN(Cc2ccc(C(=O)N3CCCC3)cc2)C[C@H](CCl)n2cccn2)cc1)N1CCCC1. The summed E-state index contributed by atoms with van der Waals surface area (Å²) in [5.41, 5.74) is 3.77. The zero-order valence-corrected chi connectivity index (χ0v) is 22.6. The molecule has 0 saturated carbocycles. The van der Waals surface area contributed by atoms with Gasteiger partial charge in [0.15, 0.2) is 0 Å². The zero-order chi connectivity index (χ0) is 26.3. The number of carbonyl (C=O) groups is 2. The lowest BCUT2D eigenvalue weighted by Crippen LogP contribution is -2.32. The van der Waals surface area contributed by atoms with Crippen LogP contribution in [0.3, 0.4) is 0 Å². The molecule has 1 atom stereocenters. The number of alkyl halides is 1. The fraction of sp³-hybridized carbons (Fsp3) is 0.433. The molecule has 0 N–H and O–H groups in total. The van der Waals surface area contributed by atoms with E-state index in [2.05, 4.69) is 34.3 Å². The molecule has 2 saturated heterocycles. The van der Waals surface area contributed by atoms with E-state index in [1.165, 1.54) is 0 Å². The quantitative estimate of drug-likeness (QED) is 0.350. The Bertz CT molecular complexity index is 1110. The summed E-state index contributed by atoms with van der Waals surface area (Å²) in [4.78, 5) is 31.8. The van der Waals surface area contributed by atoms with Gasteiger partial charge in [-0.25, -0.2) is 0 Å². The van der Waals surface area contributed by atoms with Crippen LogP contribution in [0.4, 0.5) is 0 Å². The average molecular weight is 534 g/mol. The maximum atomic E-state index is 12.8. The number of amides is 2. The number of carbonyl (C=O) groups excluding carboxylic acids is 2. The average Bonchev–Trinajstić information content (AvgIpc) is 3.76. The van der Waals surface area contributed by atoms with Crippen molar-refractivity contribution in [2.45, 2.75) is 44.8 Å². The number of aromatic nitrogens is 2. The summed E-state index contributed by atoms with van der Waals surface area (Å²) in [7, 11) is 0. The predicted molar refractivity (Wildman–Crippen MR) is 149 cm³/mol. The Kier molecular flexibility index (Phi) is 8.76. The van der Waals surface area contributed by atoms with Crippen LogP contribution in [0.5, 0.6) is 0 Å². The molecule has 0 radical (unpaired) electrons. The van der Waals surface area contributed by atoms with Crippen molar-refractivity contribution in [2.75, 3.05) is 38.6 Å². The lowest BCUT2D eigenvalue weighted by atomic mass is 10.1. The molecule has 8 heteroatoms. The van der Waals surface area contributed by atoms with Gasteiger partial charge in [0.1, 0.15) is 0 Å². The second-order valence-electron chi connectivity index (χ2n) is 10.4. The fourth-order valence-electron chi connectivity index (χ4n) is 5.41. The van der Waals surface area contributed by atoms with Gasteiger partial charge >= 0.3 is 0 Å². The first-order valence-electron chi connectivity index (χ1n) is 13.6. The van der Waals surface area contributed by atoms with Crippen LogP contribution in [-0.4, -0.2) is 74.9 Å². The number of rotatable bonds is 10. The van der Waals surface area contributed by atoms with Crippen molar-refractivity contribution in [1.82, 2.24) is 24.5 Å².